The van der Waals surface area contributed by atoms with Gasteiger partial charge in [-0.2, -0.15) is 0 Å². The van der Waals surface area contributed by atoms with Gasteiger partial charge in [-0.1, -0.05) is 20.8 Å². The molecule has 0 saturated carbocycles. The molecule has 1 rings (SSSR count). The van der Waals surface area contributed by atoms with E-state index in [1.165, 1.54) is 13.2 Å². The molecule has 0 radical (unpaired) electrons. The highest BCUT2D eigenvalue weighted by atomic mass is 32.2. The second kappa shape index (κ2) is 6.43. The zero-order chi connectivity index (χ0) is 16.4. The number of carbonyl (C=O) groups is 1. The lowest BCUT2D eigenvalue weighted by Crippen LogP contribution is -2.49. The van der Waals surface area contributed by atoms with Crippen molar-refractivity contribution in [2.24, 2.45) is 5.73 Å². The fourth-order valence-electron chi connectivity index (χ4n) is 1.48. The normalized spacial score (nSPS) is 15.5. The van der Waals surface area contributed by atoms with Crippen LogP contribution in [0.3, 0.4) is 0 Å². The maximum atomic E-state index is 12.2. The number of rotatable bonds is 5. The molecule has 0 fully saturated rings. The summed E-state index contributed by atoms with van der Waals surface area (Å²) in [6.07, 6.45) is -0.575. The Morgan fingerprint density at radius 1 is 1.38 bits per heavy atom. The first-order valence-electron chi connectivity index (χ1n) is 6.44. The zero-order valence-corrected chi connectivity index (χ0v) is 14.5. The molecule has 0 spiro atoms. The predicted molar refractivity (Wildman–Crippen MR) is 82.8 cm³/mol. The lowest BCUT2D eigenvalue weighted by Gasteiger charge is -2.17. The van der Waals surface area contributed by atoms with E-state index in [0.29, 0.717) is 0 Å². The van der Waals surface area contributed by atoms with E-state index in [0.717, 1.165) is 16.2 Å². The number of sulfonamides is 1. The first-order chi connectivity index (χ1) is 9.49. The van der Waals surface area contributed by atoms with Crippen LogP contribution >= 0.6 is 11.3 Å². The standard InChI is InChI=1S/C13H22N2O4S2/c1-8(19-5)11(14)12(16)15-21(17,18)10-7-6-9(20-10)13(2,3)4/h6-8,11H,14H2,1-5H3,(H,15,16)/t8-,11+/m1/s1. The maximum absolute atomic E-state index is 12.2. The fraction of sp³-hybridized carbons (Fsp3) is 0.615. The quantitative estimate of drug-likeness (QED) is 0.843. The van der Waals surface area contributed by atoms with E-state index in [1.54, 1.807) is 13.0 Å². The van der Waals surface area contributed by atoms with Gasteiger partial charge < -0.3 is 10.5 Å². The third-order valence-electron chi connectivity index (χ3n) is 3.00. The Hall–Kier alpha value is -0.960. The molecule has 0 saturated heterocycles. The number of nitrogens with two attached hydrogens (primary N) is 1. The molecule has 0 aliphatic carbocycles. The molecule has 1 amide bonds. The van der Waals surface area contributed by atoms with Crippen molar-refractivity contribution in [3.63, 3.8) is 0 Å². The summed E-state index contributed by atoms with van der Waals surface area (Å²) in [5, 5.41) is 0. The Bertz CT molecular complexity index is 602. The van der Waals surface area contributed by atoms with Crippen molar-refractivity contribution in [1.82, 2.24) is 4.72 Å². The molecule has 6 nitrogen and oxygen atoms in total. The summed E-state index contributed by atoms with van der Waals surface area (Å²) in [6.45, 7) is 7.57. The Balaban J connectivity index is 2.92. The fourth-order valence-corrected chi connectivity index (χ4v) is 3.86. The van der Waals surface area contributed by atoms with Crippen LogP contribution in [0.25, 0.3) is 0 Å². The lowest BCUT2D eigenvalue weighted by molar-refractivity contribution is -0.123. The monoisotopic (exact) mass is 334 g/mol. The average Bonchev–Trinajstić information content (AvgIpc) is 2.86. The molecule has 1 aromatic rings. The Morgan fingerprint density at radius 3 is 2.38 bits per heavy atom. The van der Waals surface area contributed by atoms with E-state index in [1.807, 2.05) is 25.5 Å². The summed E-state index contributed by atoms with van der Waals surface area (Å²) >= 11 is 1.14. The number of hydrogen-bond donors (Lipinski definition) is 2. The van der Waals surface area contributed by atoms with E-state index in [-0.39, 0.29) is 9.62 Å². The Kier molecular flexibility index (Phi) is 5.54. The van der Waals surface area contributed by atoms with Crippen molar-refractivity contribution < 1.29 is 17.9 Å². The minimum Gasteiger partial charge on any atom is -0.380 e. The molecule has 1 heterocycles. The largest absolute Gasteiger partial charge is 0.380 e. The van der Waals surface area contributed by atoms with E-state index >= 15 is 0 Å². The summed E-state index contributed by atoms with van der Waals surface area (Å²) in [6, 6.07) is 2.19. The predicted octanol–water partition coefficient (Wildman–Crippen LogP) is 1.21. The van der Waals surface area contributed by atoms with Crippen molar-refractivity contribution in [3.8, 4) is 0 Å². The van der Waals surface area contributed by atoms with E-state index in [4.69, 9.17) is 10.5 Å². The summed E-state index contributed by atoms with van der Waals surface area (Å²) in [4.78, 5) is 12.8. The van der Waals surface area contributed by atoms with Crippen molar-refractivity contribution in [3.05, 3.63) is 17.0 Å². The highest BCUT2D eigenvalue weighted by Gasteiger charge is 2.28. The van der Waals surface area contributed by atoms with Gasteiger partial charge in [-0.05, 0) is 24.5 Å². The third kappa shape index (κ3) is 4.50. The average molecular weight is 334 g/mol. The van der Waals surface area contributed by atoms with Crippen molar-refractivity contribution in [2.45, 2.75) is 49.5 Å². The zero-order valence-electron chi connectivity index (χ0n) is 12.8. The van der Waals surface area contributed by atoms with Gasteiger partial charge in [0.05, 0.1) is 6.10 Å². The van der Waals surface area contributed by atoms with Gasteiger partial charge in [-0.25, -0.2) is 13.1 Å². The van der Waals surface area contributed by atoms with Crippen LogP contribution < -0.4 is 10.5 Å². The van der Waals surface area contributed by atoms with Crippen LogP contribution in [0.5, 0.6) is 0 Å². The molecular formula is C13H22N2O4S2. The van der Waals surface area contributed by atoms with Gasteiger partial charge in [0.15, 0.2) is 0 Å². The number of thiophene rings is 1. The van der Waals surface area contributed by atoms with Crippen LogP contribution in [-0.2, 0) is 25.0 Å². The highest BCUT2D eigenvalue weighted by Crippen LogP contribution is 2.31. The molecule has 0 unspecified atom stereocenters. The molecule has 120 valence electrons. The van der Waals surface area contributed by atoms with Crippen LogP contribution in [0.15, 0.2) is 16.3 Å². The van der Waals surface area contributed by atoms with Crippen LogP contribution in [0.4, 0.5) is 0 Å². The summed E-state index contributed by atoms with van der Waals surface area (Å²) in [5.41, 5.74) is 5.48. The Morgan fingerprint density at radius 2 is 1.95 bits per heavy atom. The first kappa shape index (κ1) is 18.1. The Labute approximate surface area is 129 Å². The molecule has 3 N–H and O–H groups in total. The van der Waals surface area contributed by atoms with E-state index in [9.17, 15) is 13.2 Å². The van der Waals surface area contributed by atoms with Crippen LogP contribution in [-0.4, -0.2) is 33.6 Å². The lowest BCUT2D eigenvalue weighted by atomic mass is 9.95. The summed E-state index contributed by atoms with van der Waals surface area (Å²) in [5.74, 6) is -0.782. The van der Waals surface area contributed by atoms with Crippen molar-refractivity contribution >= 4 is 27.3 Å². The van der Waals surface area contributed by atoms with Crippen LogP contribution in [0.1, 0.15) is 32.6 Å². The number of methoxy groups -OCH3 is 1. The van der Waals surface area contributed by atoms with Crippen LogP contribution in [0, 0.1) is 0 Å². The third-order valence-corrected chi connectivity index (χ3v) is 6.35. The van der Waals surface area contributed by atoms with Gasteiger partial charge >= 0.3 is 0 Å². The smallest absolute Gasteiger partial charge is 0.273 e. The molecule has 2 atom stereocenters. The van der Waals surface area contributed by atoms with Crippen LogP contribution in [0.2, 0.25) is 0 Å². The number of amides is 1. The number of nitrogens with one attached hydrogen (secondary N) is 1. The van der Waals surface area contributed by atoms with E-state index < -0.39 is 28.1 Å². The molecule has 0 aromatic carbocycles. The van der Waals surface area contributed by atoms with Crippen molar-refractivity contribution in [1.29, 1.82) is 0 Å². The van der Waals surface area contributed by atoms with Crippen molar-refractivity contribution in [2.75, 3.05) is 7.11 Å². The summed E-state index contributed by atoms with van der Waals surface area (Å²) < 4.78 is 31.4. The molecule has 21 heavy (non-hydrogen) atoms. The van der Waals surface area contributed by atoms with Gasteiger partial charge in [0.1, 0.15) is 10.3 Å². The minimum atomic E-state index is -3.90. The number of hydrogen-bond acceptors (Lipinski definition) is 6. The highest BCUT2D eigenvalue weighted by molar-refractivity contribution is 7.92. The first-order valence-corrected chi connectivity index (χ1v) is 8.74. The van der Waals surface area contributed by atoms with Gasteiger partial charge in [0.25, 0.3) is 15.9 Å². The molecule has 0 aliphatic rings. The van der Waals surface area contributed by atoms with Gasteiger partial charge in [-0.3, -0.25) is 4.79 Å². The SMILES string of the molecule is CO[C@H](C)[C@H](N)C(=O)NS(=O)(=O)c1ccc(C(C)(C)C)s1. The number of ether oxygens (including phenoxy) is 1. The van der Waals surface area contributed by atoms with Gasteiger partial charge in [0.2, 0.25) is 0 Å². The minimum absolute atomic E-state index is 0.0954. The molecule has 8 heteroatoms. The maximum Gasteiger partial charge on any atom is 0.273 e. The molecule has 0 bridgehead atoms. The topological polar surface area (TPSA) is 98.5 Å². The van der Waals surface area contributed by atoms with Gasteiger partial charge in [-0.15, -0.1) is 11.3 Å². The van der Waals surface area contributed by atoms with E-state index in [2.05, 4.69) is 0 Å². The second-order valence-corrected chi connectivity index (χ2v) is 8.80. The molecule has 0 aliphatic heterocycles. The van der Waals surface area contributed by atoms with Gasteiger partial charge in [0, 0.05) is 12.0 Å². The molecule has 1 aromatic heterocycles. The molecular weight excluding hydrogens is 312 g/mol. The summed E-state index contributed by atoms with van der Waals surface area (Å²) in [7, 11) is -2.50. The number of carbonyl (C=O) groups excluding carboxylic acids is 1. The second-order valence-electron chi connectivity index (χ2n) is 5.81.